The van der Waals surface area contributed by atoms with Gasteiger partial charge in [0.05, 0.1) is 12.7 Å². The maximum atomic E-state index is 9.58. The van der Waals surface area contributed by atoms with Crippen LogP contribution in [0.3, 0.4) is 0 Å². The molecule has 20 heavy (non-hydrogen) atoms. The zero-order valence-electron chi connectivity index (χ0n) is 11.5. The number of halogens is 1. The molecule has 0 fully saturated rings. The van der Waals surface area contributed by atoms with E-state index in [2.05, 4.69) is 15.9 Å². The standard InChI is InChI=1S/C16H17BrO3/c1-3-19-12-4-6-13(7-5-12)20-14-8-9-15(11(2)18)16(17)10-14/h4-11,18H,3H2,1-2H3. The maximum Gasteiger partial charge on any atom is 0.128 e. The quantitative estimate of drug-likeness (QED) is 0.860. The predicted octanol–water partition coefficient (Wildman–Crippen LogP) is 4.69. The Balaban J connectivity index is 2.11. The number of rotatable bonds is 5. The van der Waals surface area contributed by atoms with Gasteiger partial charge in [-0.05, 0) is 55.8 Å². The zero-order chi connectivity index (χ0) is 14.5. The van der Waals surface area contributed by atoms with Crippen molar-refractivity contribution in [2.24, 2.45) is 0 Å². The molecule has 0 spiro atoms. The van der Waals surface area contributed by atoms with E-state index in [4.69, 9.17) is 9.47 Å². The first-order valence-electron chi connectivity index (χ1n) is 6.48. The third-order valence-electron chi connectivity index (χ3n) is 2.79. The molecule has 0 amide bonds. The van der Waals surface area contributed by atoms with Gasteiger partial charge >= 0.3 is 0 Å². The Morgan fingerprint density at radius 2 is 1.65 bits per heavy atom. The zero-order valence-corrected chi connectivity index (χ0v) is 13.1. The predicted molar refractivity (Wildman–Crippen MR) is 82.5 cm³/mol. The fourth-order valence-electron chi connectivity index (χ4n) is 1.82. The molecule has 0 saturated heterocycles. The highest BCUT2D eigenvalue weighted by Crippen LogP contribution is 2.30. The minimum atomic E-state index is -0.510. The van der Waals surface area contributed by atoms with Crippen LogP contribution in [0.2, 0.25) is 0 Å². The third kappa shape index (κ3) is 3.74. The van der Waals surface area contributed by atoms with Gasteiger partial charge in [0.15, 0.2) is 0 Å². The average molecular weight is 337 g/mol. The Morgan fingerprint density at radius 1 is 1.05 bits per heavy atom. The van der Waals surface area contributed by atoms with Crippen LogP contribution >= 0.6 is 15.9 Å². The Kier molecular flexibility index (Phi) is 5.04. The summed E-state index contributed by atoms with van der Waals surface area (Å²) in [6, 6.07) is 13.0. The molecule has 1 unspecified atom stereocenters. The smallest absolute Gasteiger partial charge is 0.128 e. The summed E-state index contributed by atoms with van der Waals surface area (Å²) in [5.74, 6) is 2.28. The minimum absolute atomic E-state index is 0.510. The molecule has 0 aliphatic carbocycles. The molecule has 0 bridgehead atoms. The van der Waals surface area contributed by atoms with Crippen LogP contribution in [0.15, 0.2) is 46.9 Å². The van der Waals surface area contributed by atoms with E-state index in [-0.39, 0.29) is 0 Å². The molecular formula is C16H17BrO3. The monoisotopic (exact) mass is 336 g/mol. The fourth-order valence-corrected chi connectivity index (χ4v) is 2.51. The Bertz CT molecular complexity index is 564. The molecule has 0 aromatic heterocycles. The molecule has 106 valence electrons. The summed E-state index contributed by atoms with van der Waals surface area (Å²) in [7, 11) is 0. The SMILES string of the molecule is CCOc1ccc(Oc2ccc(C(C)O)c(Br)c2)cc1. The molecule has 0 aliphatic heterocycles. The van der Waals surface area contributed by atoms with E-state index in [1.54, 1.807) is 6.92 Å². The van der Waals surface area contributed by atoms with Gasteiger partial charge in [-0.2, -0.15) is 0 Å². The number of ether oxygens (including phenoxy) is 2. The maximum absolute atomic E-state index is 9.58. The topological polar surface area (TPSA) is 38.7 Å². The van der Waals surface area contributed by atoms with Gasteiger partial charge < -0.3 is 14.6 Å². The number of aliphatic hydroxyl groups is 1. The van der Waals surface area contributed by atoms with Gasteiger partial charge in [0, 0.05) is 4.47 Å². The highest BCUT2D eigenvalue weighted by molar-refractivity contribution is 9.10. The summed E-state index contributed by atoms with van der Waals surface area (Å²) in [4.78, 5) is 0. The molecule has 0 radical (unpaired) electrons. The van der Waals surface area contributed by atoms with Crippen LogP contribution in [0, 0.1) is 0 Å². The van der Waals surface area contributed by atoms with Gasteiger partial charge in [0.1, 0.15) is 17.2 Å². The molecule has 0 aliphatic rings. The molecule has 2 aromatic carbocycles. The molecule has 4 heteroatoms. The van der Waals surface area contributed by atoms with E-state index < -0.39 is 6.10 Å². The molecule has 1 N–H and O–H groups in total. The number of hydrogen-bond donors (Lipinski definition) is 1. The Hall–Kier alpha value is -1.52. The molecular weight excluding hydrogens is 320 g/mol. The van der Waals surface area contributed by atoms with Gasteiger partial charge in [-0.3, -0.25) is 0 Å². The first-order valence-corrected chi connectivity index (χ1v) is 7.27. The van der Waals surface area contributed by atoms with E-state index in [1.807, 2.05) is 49.4 Å². The van der Waals surface area contributed by atoms with Crippen LogP contribution in [0.4, 0.5) is 0 Å². The summed E-state index contributed by atoms with van der Waals surface area (Å²) in [5, 5.41) is 9.58. The lowest BCUT2D eigenvalue weighted by Crippen LogP contribution is -1.93. The van der Waals surface area contributed by atoms with Crippen molar-refractivity contribution in [3.05, 3.63) is 52.5 Å². The second-order valence-electron chi connectivity index (χ2n) is 4.37. The fraction of sp³-hybridized carbons (Fsp3) is 0.250. The molecule has 0 heterocycles. The van der Waals surface area contributed by atoms with Crippen molar-refractivity contribution in [2.75, 3.05) is 6.61 Å². The van der Waals surface area contributed by atoms with Crippen molar-refractivity contribution < 1.29 is 14.6 Å². The van der Waals surface area contributed by atoms with Crippen molar-refractivity contribution in [3.63, 3.8) is 0 Å². The van der Waals surface area contributed by atoms with Gasteiger partial charge in [-0.25, -0.2) is 0 Å². The molecule has 2 aromatic rings. The van der Waals surface area contributed by atoms with Crippen molar-refractivity contribution >= 4 is 15.9 Å². The van der Waals surface area contributed by atoms with Crippen LogP contribution < -0.4 is 9.47 Å². The lowest BCUT2D eigenvalue weighted by atomic mass is 10.1. The normalized spacial score (nSPS) is 12.0. The highest BCUT2D eigenvalue weighted by Gasteiger charge is 2.07. The van der Waals surface area contributed by atoms with Crippen LogP contribution in [-0.2, 0) is 0 Å². The second kappa shape index (κ2) is 6.77. The molecule has 1 atom stereocenters. The van der Waals surface area contributed by atoms with Crippen LogP contribution in [0.5, 0.6) is 17.2 Å². The summed E-state index contributed by atoms with van der Waals surface area (Å²) >= 11 is 3.43. The van der Waals surface area contributed by atoms with Gasteiger partial charge in [-0.15, -0.1) is 0 Å². The largest absolute Gasteiger partial charge is 0.494 e. The molecule has 3 nitrogen and oxygen atoms in total. The van der Waals surface area contributed by atoms with Crippen LogP contribution in [-0.4, -0.2) is 11.7 Å². The van der Waals surface area contributed by atoms with Crippen molar-refractivity contribution in [2.45, 2.75) is 20.0 Å². The number of hydrogen-bond acceptors (Lipinski definition) is 3. The van der Waals surface area contributed by atoms with E-state index in [0.29, 0.717) is 12.4 Å². The van der Waals surface area contributed by atoms with Gasteiger partial charge in [-0.1, -0.05) is 22.0 Å². The van der Waals surface area contributed by atoms with Crippen molar-refractivity contribution in [1.29, 1.82) is 0 Å². The van der Waals surface area contributed by atoms with Gasteiger partial charge in [0.2, 0.25) is 0 Å². The van der Waals surface area contributed by atoms with E-state index in [0.717, 1.165) is 21.5 Å². The van der Waals surface area contributed by atoms with Crippen molar-refractivity contribution in [1.82, 2.24) is 0 Å². The summed E-state index contributed by atoms with van der Waals surface area (Å²) < 4.78 is 12.0. The van der Waals surface area contributed by atoms with Crippen molar-refractivity contribution in [3.8, 4) is 17.2 Å². The van der Waals surface area contributed by atoms with E-state index >= 15 is 0 Å². The summed E-state index contributed by atoms with van der Waals surface area (Å²) in [6.45, 7) is 4.33. The van der Waals surface area contributed by atoms with E-state index in [1.165, 1.54) is 0 Å². The second-order valence-corrected chi connectivity index (χ2v) is 5.22. The Morgan fingerprint density at radius 3 is 2.20 bits per heavy atom. The van der Waals surface area contributed by atoms with Crippen LogP contribution in [0.25, 0.3) is 0 Å². The lowest BCUT2D eigenvalue weighted by molar-refractivity contribution is 0.198. The third-order valence-corrected chi connectivity index (χ3v) is 3.48. The lowest BCUT2D eigenvalue weighted by Gasteiger charge is -2.11. The molecule has 2 rings (SSSR count). The average Bonchev–Trinajstić information content (AvgIpc) is 2.41. The number of aliphatic hydroxyl groups excluding tert-OH is 1. The highest BCUT2D eigenvalue weighted by atomic mass is 79.9. The first-order chi connectivity index (χ1) is 9.60. The number of benzene rings is 2. The Labute approximate surface area is 127 Å². The summed E-state index contributed by atoms with van der Waals surface area (Å²) in [5.41, 5.74) is 0.837. The summed E-state index contributed by atoms with van der Waals surface area (Å²) in [6.07, 6.45) is -0.510. The van der Waals surface area contributed by atoms with Gasteiger partial charge in [0.25, 0.3) is 0 Å². The van der Waals surface area contributed by atoms with E-state index in [9.17, 15) is 5.11 Å². The first kappa shape index (κ1) is 14.9. The minimum Gasteiger partial charge on any atom is -0.494 e. The van der Waals surface area contributed by atoms with Crippen LogP contribution in [0.1, 0.15) is 25.5 Å². The molecule has 0 saturated carbocycles.